The summed E-state index contributed by atoms with van der Waals surface area (Å²) in [7, 11) is 0. The lowest BCUT2D eigenvalue weighted by Gasteiger charge is -2.25. The number of hydrogen-bond donors (Lipinski definition) is 2. The Morgan fingerprint density at radius 1 is 1.04 bits per heavy atom. The molecule has 136 valence electrons. The van der Waals surface area contributed by atoms with Gasteiger partial charge in [-0.05, 0) is 30.2 Å². The van der Waals surface area contributed by atoms with Gasteiger partial charge >= 0.3 is 0 Å². The van der Waals surface area contributed by atoms with Crippen LogP contribution in [0.4, 0.5) is 0 Å². The highest BCUT2D eigenvalue weighted by Gasteiger charge is 2.24. The van der Waals surface area contributed by atoms with E-state index in [-0.39, 0.29) is 22.3 Å². The molecule has 0 aliphatic heterocycles. The van der Waals surface area contributed by atoms with Crippen molar-refractivity contribution >= 4 is 23.2 Å². The fourth-order valence-electron chi connectivity index (χ4n) is 3.02. The molecule has 1 aromatic heterocycles. The van der Waals surface area contributed by atoms with Gasteiger partial charge in [0.15, 0.2) is 0 Å². The van der Waals surface area contributed by atoms with Crippen LogP contribution < -0.4 is 5.56 Å². The number of pyridine rings is 1. The summed E-state index contributed by atoms with van der Waals surface area (Å²) in [5, 5.41) is 11.3. The van der Waals surface area contributed by atoms with E-state index in [9.17, 15) is 9.90 Å². The SMILES string of the molecule is CCCCCCC(C)(C)c1cc(O)c(-c2cc(Cl)cc(Cl)c2)c(=O)[nH]1. The first-order chi connectivity index (χ1) is 11.7. The number of H-pyrrole nitrogens is 1. The zero-order valence-electron chi connectivity index (χ0n) is 15.0. The van der Waals surface area contributed by atoms with Crippen molar-refractivity contribution in [2.75, 3.05) is 0 Å². The van der Waals surface area contributed by atoms with Crippen molar-refractivity contribution in [2.45, 2.75) is 58.3 Å². The zero-order chi connectivity index (χ0) is 18.6. The number of aromatic amines is 1. The maximum Gasteiger partial charge on any atom is 0.259 e. The summed E-state index contributed by atoms with van der Waals surface area (Å²) in [5.74, 6) is -0.0567. The Bertz CT molecular complexity index is 777. The molecule has 2 aromatic rings. The number of halogens is 2. The van der Waals surface area contributed by atoms with Gasteiger partial charge in [-0.25, -0.2) is 0 Å². The molecule has 0 aliphatic carbocycles. The highest BCUT2D eigenvalue weighted by molar-refractivity contribution is 6.35. The Morgan fingerprint density at radius 3 is 2.24 bits per heavy atom. The summed E-state index contributed by atoms with van der Waals surface area (Å²) < 4.78 is 0. The van der Waals surface area contributed by atoms with E-state index in [2.05, 4.69) is 25.8 Å². The second-order valence-electron chi connectivity index (χ2n) is 7.13. The third kappa shape index (κ3) is 5.02. The number of benzene rings is 1. The maximum atomic E-state index is 12.6. The minimum absolute atomic E-state index is 0.0567. The van der Waals surface area contributed by atoms with E-state index >= 15 is 0 Å². The van der Waals surface area contributed by atoms with Crippen molar-refractivity contribution in [1.82, 2.24) is 4.98 Å². The quantitative estimate of drug-likeness (QED) is 0.552. The van der Waals surface area contributed by atoms with Crippen LogP contribution in [0.15, 0.2) is 29.1 Å². The molecule has 3 nitrogen and oxygen atoms in total. The van der Waals surface area contributed by atoms with Crippen molar-refractivity contribution < 1.29 is 5.11 Å². The molecule has 5 heteroatoms. The minimum Gasteiger partial charge on any atom is -0.507 e. The summed E-state index contributed by atoms with van der Waals surface area (Å²) in [5.41, 5.74) is 0.881. The summed E-state index contributed by atoms with van der Waals surface area (Å²) >= 11 is 12.0. The van der Waals surface area contributed by atoms with Crippen molar-refractivity contribution in [3.8, 4) is 16.9 Å². The number of aromatic nitrogens is 1. The lowest BCUT2D eigenvalue weighted by Crippen LogP contribution is -2.23. The van der Waals surface area contributed by atoms with Crippen molar-refractivity contribution in [2.24, 2.45) is 0 Å². The van der Waals surface area contributed by atoms with Crippen LogP contribution >= 0.6 is 23.2 Å². The van der Waals surface area contributed by atoms with E-state index in [0.29, 0.717) is 15.6 Å². The first-order valence-electron chi connectivity index (χ1n) is 8.68. The molecule has 0 fully saturated rings. The van der Waals surface area contributed by atoms with Crippen LogP contribution in [-0.2, 0) is 5.41 Å². The fraction of sp³-hybridized carbons (Fsp3) is 0.450. The van der Waals surface area contributed by atoms with Gasteiger partial charge in [-0.3, -0.25) is 4.79 Å². The molecule has 0 bridgehead atoms. The van der Waals surface area contributed by atoms with Crippen molar-refractivity contribution in [3.05, 3.63) is 50.4 Å². The Labute approximate surface area is 159 Å². The molecule has 0 saturated heterocycles. The third-order valence-electron chi connectivity index (χ3n) is 4.55. The number of hydrogen-bond acceptors (Lipinski definition) is 2. The van der Waals surface area contributed by atoms with Crippen LogP contribution in [0, 0.1) is 0 Å². The van der Waals surface area contributed by atoms with Crippen LogP contribution in [0.3, 0.4) is 0 Å². The standard InChI is InChI=1S/C20H25Cl2NO2/c1-4-5-6-7-8-20(2,3)17-12-16(24)18(19(25)23-17)13-9-14(21)11-15(22)10-13/h9-12H,4-8H2,1-3H3,(H2,23,24,25). The number of nitrogens with one attached hydrogen (secondary N) is 1. The van der Waals surface area contributed by atoms with Crippen LogP contribution in [0.2, 0.25) is 10.0 Å². The summed E-state index contributed by atoms with van der Waals surface area (Å²) in [4.78, 5) is 15.5. The monoisotopic (exact) mass is 381 g/mol. The molecular weight excluding hydrogens is 357 g/mol. The maximum absolute atomic E-state index is 12.6. The van der Waals surface area contributed by atoms with E-state index in [0.717, 1.165) is 18.5 Å². The van der Waals surface area contributed by atoms with Gasteiger partial charge in [0, 0.05) is 27.2 Å². The molecule has 1 heterocycles. The van der Waals surface area contributed by atoms with E-state index in [1.165, 1.54) is 19.3 Å². The lowest BCUT2D eigenvalue weighted by atomic mass is 9.82. The molecule has 0 atom stereocenters. The van der Waals surface area contributed by atoms with E-state index < -0.39 is 0 Å². The predicted molar refractivity (Wildman–Crippen MR) is 106 cm³/mol. The Balaban J connectivity index is 2.35. The van der Waals surface area contributed by atoms with Gasteiger partial charge < -0.3 is 10.1 Å². The molecule has 0 amide bonds. The van der Waals surface area contributed by atoms with Crippen LogP contribution in [0.1, 0.15) is 58.6 Å². The largest absolute Gasteiger partial charge is 0.507 e. The van der Waals surface area contributed by atoms with Gasteiger partial charge in [0.25, 0.3) is 5.56 Å². The highest BCUT2D eigenvalue weighted by Crippen LogP contribution is 2.34. The third-order valence-corrected chi connectivity index (χ3v) is 4.98. The second-order valence-corrected chi connectivity index (χ2v) is 8.00. The molecule has 25 heavy (non-hydrogen) atoms. The molecule has 2 N–H and O–H groups in total. The lowest BCUT2D eigenvalue weighted by molar-refractivity contribution is 0.426. The van der Waals surface area contributed by atoms with E-state index in [1.807, 2.05) is 0 Å². The minimum atomic E-state index is -0.338. The molecule has 1 aromatic carbocycles. The number of rotatable bonds is 7. The molecule has 0 unspecified atom stereocenters. The number of unbranched alkanes of at least 4 members (excludes halogenated alkanes) is 3. The highest BCUT2D eigenvalue weighted by atomic mass is 35.5. The Morgan fingerprint density at radius 2 is 1.68 bits per heavy atom. The van der Waals surface area contributed by atoms with Gasteiger partial charge in [0.05, 0.1) is 5.56 Å². The molecule has 0 aliphatic rings. The van der Waals surface area contributed by atoms with Gasteiger partial charge in [0.2, 0.25) is 0 Å². The smallest absolute Gasteiger partial charge is 0.259 e. The van der Waals surface area contributed by atoms with Crippen LogP contribution in [-0.4, -0.2) is 10.1 Å². The van der Waals surface area contributed by atoms with Crippen molar-refractivity contribution in [1.29, 1.82) is 0 Å². The first-order valence-corrected chi connectivity index (χ1v) is 9.43. The molecule has 0 spiro atoms. The Hall–Kier alpha value is -1.45. The Kier molecular flexibility index (Phi) is 6.59. The zero-order valence-corrected chi connectivity index (χ0v) is 16.5. The van der Waals surface area contributed by atoms with Gasteiger partial charge in [-0.15, -0.1) is 0 Å². The predicted octanol–water partition coefficient (Wildman–Crippen LogP) is 6.30. The topological polar surface area (TPSA) is 53.1 Å². The molecular formula is C20H25Cl2NO2. The molecule has 0 radical (unpaired) electrons. The van der Waals surface area contributed by atoms with Gasteiger partial charge in [0.1, 0.15) is 5.75 Å². The second kappa shape index (κ2) is 8.29. The number of aromatic hydroxyl groups is 1. The average Bonchev–Trinajstić information content (AvgIpc) is 2.50. The first kappa shape index (κ1) is 19.9. The fourth-order valence-corrected chi connectivity index (χ4v) is 3.54. The van der Waals surface area contributed by atoms with Crippen LogP contribution in [0.5, 0.6) is 5.75 Å². The summed E-state index contributed by atoms with van der Waals surface area (Å²) in [6.07, 6.45) is 5.62. The van der Waals surface area contributed by atoms with Crippen molar-refractivity contribution in [3.63, 3.8) is 0 Å². The van der Waals surface area contributed by atoms with Gasteiger partial charge in [-0.1, -0.05) is 69.7 Å². The van der Waals surface area contributed by atoms with Gasteiger partial charge in [-0.2, -0.15) is 0 Å². The van der Waals surface area contributed by atoms with Crippen LogP contribution in [0.25, 0.3) is 11.1 Å². The molecule has 2 rings (SSSR count). The van der Waals surface area contributed by atoms with E-state index in [4.69, 9.17) is 23.2 Å². The summed E-state index contributed by atoms with van der Waals surface area (Å²) in [6.45, 7) is 6.35. The average molecular weight is 382 g/mol. The normalized spacial score (nSPS) is 11.7. The summed E-state index contributed by atoms with van der Waals surface area (Å²) in [6, 6.07) is 6.47. The molecule has 0 saturated carbocycles. The van der Waals surface area contributed by atoms with E-state index in [1.54, 1.807) is 24.3 Å².